The Hall–Kier alpha value is -2.60. The quantitative estimate of drug-likeness (QED) is 0.883. The molecule has 1 N–H and O–H groups in total. The molecular weight excluding hydrogens is 308 g/mol. The Morgan fingerprint density at radius 2 is 2.12 bits per heavy atom. The molecule has 1 atom stereocenters. The molecular formula is C18H20N2O4. The summed E-state index contributed by atoms with van der Waals surface area (Å²) in [5, 5.41) is 2.79. The van der Waals surface area contributed by atoms with E-state index < -0.39 is 0 Å². The van der Waals surface area contributed by atoms with E-state index in [1.54, 1.807) is 49.7 Å². The molecule has 0 bridgehead atoms. The molecule has 0 aliphatic carbocycles. The van der Waals surface area contributed by atoms with Crippen LogP contribution in [0.2, 0.25) is 0 Å². The maximum absolute atomic E-state index is 12.2. The van der Waals surface area contributed by atoms with Gasteiger partial charge in [0.2, 0.25) is 5.88 Å². The van der Waals surface area contributed by atoms with Gasteiger partial charge in [-0.15, -0.1) is 0 Å². The highest BCUT2D eigenvalue weighted by molar-refractivity contribution is 6.04. The predicted octanol–water partition coefficient (Wildman–Crippen LogP) is 2.90. The lowest BCUT2D eigenvalue weighted by Crippen LogP contribution is -2.16. The Bertz CT molecular complexity index is 664. The summed E-state index contributed by atoms with van der Waals surface area (Å²) in [5.41, 5.74) is 1.16. The third-order valence-corrected chi connectivity index (χ3v) is 3.78. The average Bonchev–Trinajstić information content (AvgIpc) is 3.14. The zero-order valence-electron chi connectivity index (χ0n) is 13.5. The molecule has 2 heterocycles. The smallest absolute Gasteiger partial charge is 0.255 e. The molecule has 24 heavy (non-hydrogen) atoms. The Kier molecular flexibility index (Phi) is 5.28. The van der Waals surface area contributed by atoms with Gasteiger partial charge in [0.15, 0.2) is 0 Å². The fraction of sp³-hybridized carbons (Fsp3) is 0.333. The van der Waals surface area contributed by atoms with Gasteiger partial charge in [-0.3, -0.25) is 4.79 Å². The third kappa shape index (κ3) is 4.23. The lowest BCUT2D eigenvalue weighted by molar-refractivity contribution is 0.0679. The molecule has 1 fully saturated rings. The van der Waals surface area contributed by atoms with Crippen molar-refractivity contribution in [2.75, 3.05) is 25.6 Å². The van der Waals surface area contributed by atoms with E-state index in [0.29, 0.717) is 23.7 Å². The molecule has 0 unspecified atom stereocenters. The van der Waals surface area contributed by atoms with Gasteiger partial charge in [0, 0.05) is 18.2 Å². The fourth-order valence-electron chi connectivity index (χ4n) is 2.45. The highest BCUT2D eigenvalue weighted by Crippen LogP contribution is 2.18. The van der Waals surface area contributed by atoms with Crippen LogP contribution in [0.5, 0.6) is 11.6 Å². The molecule has 6 heteroatoms. The largest absolute Gasteiger partial charge is 0.491 e. The molecule has 0 saturated carbocycles. The van der Waals surface area contributed by atoms with Crippen molar-refractivity contribution >= 4 is 11.6 Å². The number of hydrogen-bond donors (Lipinski definition) is 1. The van der Waals surface area contributed by atoms with Crippen LogP contribution in [0.3, 0.4) is 0 Å². The van der Waals surface area contributed by atoms with Crippen molar-refractivity contribution in [3.63, 3.8) is 0 Å². The van der Waals surface area contributed by atoms with E-state index in [0.717, 1.165) is 25.2 Å². The van der Waals surface area contributed by atoms with Gasteiger partial charge in [0.1, 0.15) is 12.4 Å². The number of anilines is 1. The van der Waals surface area contributed by atoms with Crippen LogP contribution < -0.4 is 14.8 Å². The molecule has 1 aliphatic heterocycles. The molecule has 1 saturated heterocycles. The van der Waals surface area contributed by atoms with Crippen LogP contribution in [-0.4, -0.2) is 37.3 Å². The lowest BCUT2D eigenvalue weighted by Gasteiger charge is -2.11. The van der Waals surface area contributed by atoms with Gasteiger partial charge in [-0.2, -0.15) is 0 Å². The van der Waals surface area contributed by atoms with Crippen molar-refractivity contribution in [1.29, 1.82) is 0 Å². The number of carbonyl (C=O) groups is 1. The Balaban J connectivity index is 1.54. The van der Waals surface area contributed by atoms with Crippen molar-refractivity contribution in [2.45, 2.75) is 18.9 Å². The third-order valence-electron chi connectivity index (χ3n) is 3.78. The highest BCUT2D eigenvalue weighted by Gasteiger charge is 2.16. The van der Waals surface area contributed by atoms with Crippen LogP contribution in [-0.2, 0) is 4.74 Å². The first-order valence-corrected chi connectivity index (χ1v) is 7.90. The maximum atomic E-state index is 12.2. The van der Waals surface area contributed by atoms with E-state index in [1.165, 1.54) is 0 Å². The van der Waals surface area contributed by atoms with Crippen LogP contribution in [0, 0.1) is 0 Å². The fourth-order valence-corrected chi connectivity index (χ4v) is 2.45. The number of rotatable bonds is 6. The van der Waals surface area contributed by atoms with Crippen molar-refractivity contribution in [3.05, 3.63) is 48.2 Å². The Labute approximate surface area is 140 Å². The monoisotopic (exact) mass is 328 g/mol. The summed E-state index contributed by atoms with van der Waals surface area (Å²) >= 11 is 0. The molecule has 126 valence electrons. The first-order chi connectivity index (χ1) is 11.7. The molecule has 6 nitrogen and oxygen atoms in total. The Morgan fingerprint density at radius 1 is 1.29 bits per heavy atom. The van der Waals surface area contributed by atoms with Crippen LogP contribution >= 0.6 is 0 Å². The second kappa shape index (κ2) is 7.79. The van der Waals surface area contributed by atoms with Crippen LogP contribution in [0.15, 0.2) is 42.6 Å². The topological polar surface area (TPSA) is 69.7 Å². The second-order valence-electron chi connectivity index (χ2n) is 5.51. The molecule has 2 aromatic rings. The van der Waals surface area contributed by atoms with E-state index in [2.05, 4.69) is 10.3 Å². The average molecular weight is 328 g/mol. The van der Waals surface area contributed by atoms with E-state index in [9.17, 15) is 4.79 Å². The van der Waals surface area contributed by atoms with Crippen LogP contribution in [0.25, 0.3) is 0 Å². The van der Waals surface area contributed by atoms with Gasteiger partial charge < -0.3 is 19.5 Å². The van der Waals surface area contributed by atoms with E-state index in [-0.39, 0.29) is 12.0 Å². The van der Waals surface area contributed by atoms with Gasteiger partial charge >= 0.3 is 0 Å². The minimum Gasteiger partial charge on any atom is -0.491 e. The maximum Gasteiger partial charge on any atom is 0.255 e. The molecule has 3 rings (SSSR count). The summed E-state index contributed by atoms with van der Waals surface area (Å²) in [7, 11) is 1.54. The summed E-state index contributed by atoms with van der Waals surface area (Å²) in [6.45, 7) is 1.36. The van der Waals surface area contributed by atoms with Crippen molar-refractivity contribution in [2.24, 2.45) is 0 Å². The van der Waals surface area contributed by atoms with Gasteiger partial charge in [-0.1, -0.05) is 0 Å². The second-order valence-corrected chi connectivity index (χ2v) is 5.51. The van der Waals surface area contributed by atoms with Gasteiger partial charge in [-0.25, -0.2) is 4.98 Å². The molecule has 1 aliphatic rings. The zero-order valence-corrected chi connectivity index (χ0v) is 13.5. The normalized spacial score (nSPS) is 16.6. The molecule has 0 radical (unpaired) electrons. The first-order valence-electron chi connectivity index (χ1n) is 7.90. The summed E-state index contributed by atoms with van der Waals surface area (Å²) in [6, 6.07) is 10.5. The number of ether oxygens (including phenoxy) is 3. The van der Waals surface area contributed by atoms with Crippen molar-refractivity contribution in [1.82, 2.24) is 4.98 Å². The lowest BCUT2D eigenvalue weighted by atomic mass is 10.2. The van der Waals surface area contributed by atoms with E-state index in [4.69, 9.17) is 14.2 Å². The number of nitrogens with zero attached hydrogens (tertiary/aromatic N) is 1. The number of methoxy groups -OCH3 is 1. The summed E-state index contributed by atoms with van der Waals surface area (Å²) < 4.78 is 16.2. The minimum absolute atomic E-state index is 0.176. The summed E-state index contributed by atoms with van der Waals surface area (Å²) in [5.74, 6) is 1.03. The van der Waals surface area contributed by atoms with Gasteiger partial charge in [0.05, 0.1) is 25.1 Å². The Morgan fingerprint density at radius 3 is 2.75 bits per heavy atom. The number of nitrogens with one attached hydrogen (secondary N) is 1. The number of aromatic nitrogens is 1. The molecule has 1 aromatic heterocycles. The molecule has 0 spiro atoms. The molecule has 1 amide bonds. The predicted molar refractivity (Wildman–Crippen MR) is 89.7 cm³/mol. The highest BCUT2D eigenvalue weighted by atomic mass is 16.5. The SMILES string of the molecule is COc1ccc(NC(=O)c2ccc(OC[C@@H]3CCCO3)cc2)cn1. The van der Waals surface area contributed by atoms with E-state index >= 15 is 0 Å². The summed E-state index contributed by atoms with van der Waals surface area (Å²) in [6.07, 6.45) is 3.86. The first kappa shape index (κ1) is 16.3. The number of hydrogen-bond acceptors (Lipinski definition) is 5. The molecule has 1 aromatic carbocycles. The number of benzene rings is 1. The standard InChI is InChI=1S/C18H20N2O4/c1-22-17-9-6-14(11-19-17)20-18(21)13-4-7-15(8-5-13)24-12-16-3-2-10-23-16/h4-9,11,16H,2-3,10,12H2,1H3,(H,20,21)/t16-/m0/s1. The van der Waals surface area contributed by atoms with Crippen molar-refractivity contribution < 1.29 is 19.0 Å². The van der Waals surface area contributed by atoms with Gasteiger partial charge in [0.25, 0.3) is 5.91 Å². The van der Waals surface area contributed by atoms with E-state index in [1.807, 2.05) is 0 Å². The van der Waals surface area contributed by atoms with Gasteiger partial charge in [-0.05, 0) is 43.2 Å². The number of pyridine rings is 1. The number of amides is 1. The zero-order chi connectivity index (χ0) is 16.8. The summed E-state index contributed by atoms with van der Waals surface area (Å²) in [4.78, 5) is 16.3. The van der Waals surface area contributed by atoms with Crippen LogP contribution in [0.1, 0.15) is 23.2 Å². The minimum atomic E-state index is -0.201. The van der Waals surface area contributed by atoms with Crippen molar-refractivity contribution in [3.8, 4) is 11.6 Å². The van der Waals surface area contributed by atoms with Crippen LogP contribution in [0.4, 0.5) is 5.69 Å². The number of carbonyl (C=O) groups excluding carboxylic acids is 1.